The van der Waals surface area contributed by atoms with E-state index in [1.807, 2.05) is 13.0 Å². The van der Waals surface area contributed by atoms with E-state index in [9.17, 15) is 19.2 Å². The Morgan fingerprint density at radius 3 is 2.13 bits per heavy atom. The van der Waals surface area contributed by atoms with Crippen molar-refractivity contribution in [3.63, 3.8) is 0 Å². The predicted octanol–water partition coefficient (Wildman–Crippen LogP) is 2.46. The minimum atomic E-state index is -1.19. The molecule has 2 aliphatic rings. The molecule has 4 rings (SSSR count). The van der Waals surface area contributed by atoms with Crippen molar-refractivity contribution in [2.75, 3.05) is 20.2 Å². The Balaban J connectivity index is 1.44. The number of urea groups is 1. The predicted molar refractivity (Wildman–Crippen MR) is 112 cm³/mol. The topological polar surface area (TPSA) is 96.0 Å². The number of ether oxygens (including phenoxy) is 1. The summed E-state index contributed by atoms with van der Waals surface area (Å²) in [6, 6.07) is 11.5. The number of hydrogen-bond donors (Lipinski definition) is 1. The van der Waals surface area contributed by atoms with Crippen molar-refractivity contribution in [2.24, 2.45) is 0 Å². The van der Waals surface area contributed by atoms with Crippen LogP contribution in [0.3, 0.4) is 0 Å². The fourth-order valence-corrected chi connectivity index (χ4v) is 4.11. The van der Waals surface area contributed by atoms with Crippen LogP contribution in [0.1, 0.15) is 45.2 Å². The summed E-state index contributed by atoms with van der Waals surface area (Å²) in [5.41, 5.74) is 1.08. The van der Waals surface area contributed by atoms with Gasteiger partial charge in [0.25, 0.3) is 17.7 Å². The first-order chi connectivity index (χ1) is 14.8. The lowest BCUT2D eigenvalue weighted by atomic mass is 9.90. The number of nitrogens with zero attached hydrogens (tertiary/aromatic N) is 2. The summed E-state index contributed by atoms with van der Waals surface area (Å²) < 4.78 is 5.26. The van der Waals surface area contributed by atoms with E-state index in [1.54, 1.807) is 50.4 Å². The molecule has 0 spiro atoms. The number of imide groups is 2. The lowest BCUT2D eigenvalue weighted by Crippen LogP contribution is -2.41. The number of amides is 5. The van der Waals surface area contributed by atoms with Gasteiger partial charge in [0.05, 0.1) is 18.2 Å². The van der Waals surface area contributed by atoms with E-state index in [4.69, 9.17) is 4.74 Å². The molecule has 2 aromatic carbocycles. The number of aryl methyl sites for hydroxylation is 1. The van der Waals surface area contributed by atoms with E-state index in [2.05, 4.69) is 5.32 Å². The number of hydrogen-bond acceptors (Lipinski definition) is 5. The third-order valence-electron chi connectivity index (χ3n) is 5.89. The molecule has 1 saturated heterocycles. The molecule has 160 valence electrons. The van der Waals surface area contributed by atoms with E-state index in [0.29, 0.717) is 28.9 Å². The first-order valence-corrected chi connectivity index (χ1v) is 10.0. The fraction of sp³-hybridized carbons (Fsp3) is 0.304. The Morgan fingerprint density at radius 2 is 1.55 bits per heavy atom. The quantitative estimate of drug-likeness (QED) is 0.571. The van der Waals surface area contributed by atoms with Crippen LogP contribution in [0.15, 0.2) is 42.5 Å². The van der Waals surface area contributed by atoms with Crippen LogP contribution in [0.4, 0.5) is 4.79 Å². The maximum atomic E-state index is 13.1. The number of rotatable bonds is 6. The van der Waals surface area contributed by atoms with Crippen LogP contribution >= 0.6 is 0 Å². The lowest BCUT2D eigenvalue weighted by Gasteiger charge is -2.23. The van der Waals surface area contributed by atoms with Gasteiger partial charge in [0, 0.05) is 13.1 Å². The summed E-state index contributed by atoms with van der Waals surface area (Å²) >= 11 is 0. The molecule has 0 aromatic heterocycles. The lowest BCUT2D eigenvalue weighted by molar-refractivity contribution is -0.131. The van der Waals surface area contributed by atoms with E-state index in [1.165, 1.54) is 0 Å². The molecular formula is C23H23N3O5. The van der Waals surface area contributed by atoms with Crippen LogP contribution in [-0.2, 0) is 10.3 Å². The summed E-state index contributed by atoms with van der Waals surface area (Å²) in [6.07, 6.45) is 0.294. The van der Waals surface area contributed by atoms with Gasteiger partial charge in [0.1, 0.15) is 11.3 Å². The average molecular weight is 421 g/mol. The fourth-order valence-electron chi connectivity index (χ4n) is 4.11. The zero-order valence-corrected chi connectivity index (χ0v) is 17.6. The molecule has 0 saturated carbocycles. The standard InChI is InChI=1S/C23H23N3O5/c1-14-13-15(9-10-18(14)31-3)23(2)21(29)26(22(30)24-23)12-6-11-25-19(27)16-7-4-5-8-17(16)20(25)28/h4-5,7-10,13H,6,11-12H2,1-3H3,(H,24,30). The van der Waals surface area contributed by atoms with Crippen molar-refractivity contribution in [1.82, 2.24) is 15.1 Å². The zero-order valence-electron chi connectivity index (χ0n) is 17.6. The molecule has 1 unspecified atom stereocenters. The molecule has 1 atom stereocenters. The van der Waals surface area contributed by atoms with Crippen molar-refractivity contribution >= 4 is 23.8 Å². The van der Waals surface area contributed by atoms with Gasteiger partial charge >= 0.3 is 6.03 Å². The second-order valence-electron chi connectivity index (χ2n) is 7.86. The molecule has 1 fully saturated rings. The van der Waals surface area contributed by atoms with Gasteiger partial charge in [-0.2, -0.15) is 0 Å². The summed E-state index contributed by atoms with van der Waals surface area (Å²) in [4.78, 5) is 52.9. The van der Waals surface area contributed by atoms with Crippen LogP contribution in [0.5, 0.6) is 5.75 Å². The van der Waals surface area contributed by atoms with Gasteiger partial charge in [-0.15, -0.1) is 0 Å². The third kappa shape index (κ3) is 3.24. The van der Waals surface area contributed by atoms with Gasteiger partial charge < -0.3 is 10.1 Å². The number of fused-ring (bicyclic) bond motifs is 1. The monoisotopic (exact) mass is 421 g/mol. The molecule has 1 N–H and O–H groups in total. The van der Waals surface area contributed by atoms with E-state index in [-0.39, 0.29) is 30.8 Å². The first kappa shape index (κ1) is 20.6. The highest BCUT2D eigenvalue weighted by Gasteiger charge is 2.49. The molecule has 31 heavy (non-hydrogen) atoms. The molecule has 2 aromatic rings. The maximum Gasteiger partial charge on any atom is 0.325 e. The Morgan fingerprint density at radius 1 is 0.935 bits per heavy atom. The molecule has 0 aliphatic carbocycles. The second kappa shape index (κ2) is 7.54. The van der Waals surface area contributed by atoms with Crippen molar-refractivity contribution in [3.8, 4) is 5.75 Å². The summed E-state index contributed by atoms with van der Waals surface area (Å²) in [6.45, 7) is 3.76. The zero-order chi connectivity index (χ0) is 22.3. The number of benzene rings is 2. The van der Waals surface area contributed by atoms with Crippen LogP contribution < -0.4 is 10.1 Å². The highest BCUT2D eigenvalue weighted by Crippen LogP contribution is 2.32. The molecular weight excluding hydrogens is 398 g/mol. The summed E-state index contributed by atoms with van der Waals surface area (Å²) in [7, 11) is 1.57. The van der Waals surface area contributed by atoms with Gasteiger partial charge in [0.15, 0.2) is 0 Å². The van der Waals surface area contributed by atoms with E-state index < -0.39 is 11.6 Å². The van der Waals surface area contributed by atoms with Crippen molar-refractivity contribution in [1.29, 1.82) is 0 Å². The van der Waals surface area contributed by atoms with Crippen LogP contribution in [-0.4, -0.2) is 53.8 Å². The Labute approximate surface area is 179 Å². The van der Waals surface area contributed by atoms with Crippen LogP contribution in [0.2, 0.25) is 0 Å². The largest absolute Gasteiger partial charge is 0.496 e. The van der Waals surface area contributed by atoms with Gasteiger partial charge in [-0.1, -0.05) is 18.2 Å². The minimum absolute atomic E-state index is 0.1000. The van der Waals surface area contributed by atoms with Crippen molar-refractivity contribution in [3.05, 3.63) is 64.7 Å². The number of carbonyl (C=O) groups is 4. The second-order valence-corrected chi connectivity index (χ2v) is 7.86. The molecule has 5 amide bonds. The average Bonchev–Trinajstić information content (AvgIpc) is 3.13. The maximum absolute atomic E-state index is 13.1. The van der Waals surface area contributed by atoms with Gasteiger partial charge in [-0.25, -0.2) is 4.79 Å². The Hall–Kier alpha value is -3.68. The minimum Gasteiger partial charge on any atom is -0.496 e. The Bertz CT molecular complexity index is 1080. The van der Waals surface area contributed by atoms with Gasteiger partial charge in [-0.3, -0.25) is 24.2 Å². The molecule has 8 nitrogen and oxygen atoms in total. The third-order valence-corrected chi connectivity index (χ3v) is 5.89. The van der Waals surface area contributed by atoms with E-state index >= 15 is 0 Å². The SMILES string of the molecule is COc1ccc(C2(C)NC(=O)N(CCCN3C(=O)c4ccccc4C3=O)C2=O)cc1C. The van der Waals surface area contributed by atoms with Crippen LogP contribution in [0.25, 0.3) is 0 Å². The van der Waals surface area contributed by atoms with Gasteiger partial charge in [0.2, 0.25) is 0 Å². The molecule has 0 radical (unpaired) electrons. The number of nitrogens with one attached hydrogen (secondary N) is 1. The van der Waals surface area contributed by atoms with Crippen molar-refractivity contribution in [2.45, 2.75) is 25.8 Å². The van der Waals surface area contributed by atoms with E-state index in [0.717, 1.165) is 15.4 Å². The van der Waals surface area contributed by atoms with Crippen molar-refractivity contribution < 1.29 is 23.9 Å². The smallest absolute Gasteiger partial charge is 0.325 e. The summed E-state index contributed by atoms with van der Waals surface area (Å²) in [5.74, 6) is -0.376. The Kier molecular flexibility index (Phi) is 5.00. The summed E-state index contributed by atoms with van der Waals surface area (Å²) in [5, 5.41) is 2.77. The van der Waals surface area contributed by atoms with Gasteiger partial charge in [-0.05, 0) is 55.7 Å². The molecule has 2 heterocycles. The molecule has 0 bridgehead atoms. The number of carbonyl (C=O) groups excluding carboxylic acids is 4. The van der Waals surface area contributed by atoms with Crippen LogP contribution in [0, 0.1) is 6.92 Å². The molecule has 8 heteroatoms. The highest BCUT2D eigenvalue weighted by molar-refractivity contribution is 6.21. The highest BCUT2D eigenvalue weighted by atomic mass is 16.5. The normalized spacial score (nSPS) is 20.4. The molecule has 2 aliphatic heterocycles. The number of methoxy groups -OCH3 is 1. The first-order valence-electron chi connectivity index (χ1n) is 10.0.